The molecule has 0 aliphatic carbocycles. The third-order valence-electron chi connectivity index (χ3n) is 3.66. The predicted octanol–water partition coefficient (Wildman–Crippen LogP) is 4.37. The second kappa shape index (κ2) is 9.01. The normalized spacial score (nSPS) is 11.0. The fraction of sp³-hybridized carbons (Fsp3) is 0.381. The minimum absolute atomic E-state index is 0.119. The van der Waals surface area contributed by atoms with Gasteiger partial charge >= 0.3 is 11.9 Å². The Morgan fingerprint density at radius 3 is 2.29 bits per heavy atom. The van der Waals surface area contributed by atoms with Gasteiger partial charge in [0.25, 0.3) is 0 Å². The van der Waals surface area contributed by atoms with Gasteiger partial charge in [-0.15, -0.1) is 11.3 Å². The summed E-state index contributed by atoms with van der Waals surface area (Å²) in [5, 5.41) is 5.06. The first-order chi connectivity index (χ1) is 13.1. The lowest BCUT2D eigenvalue weighted by molar-refractivity contribution is -0.115. The van der Waals surface area contributed by atoms with E-state index in [1.807, 2.05) is 0 Å². The Hall–Kier alpha value is -2.67. The van der Waals surface area contributed by atoms with E-state index in [0.717, 1.165) is 11.1 Å². The number of rotatable bonds is 6. The van der Waals surface area contributed by atoms with Crippen molar-refractivity contribution in [2.45, 2.75) is 46.6 Å². The van der Waals surface area contributed by atoms with E-state index in [4.69, 9.17) is 9.47 Å². The monoisotopic (exact) mass is 403 g/mol. The molecule has 0 aliphatic heterocycles. The summed E-state index contributed by atoms with van der Waals surface area (Å²) in [6.45, 7) is 9.22. The number of thiophene rings is 1. The Kier molecular flexibility index (Phi) is 6.96. The lowest BCUT2D eigenvalue weighted by Crippen LogP contribution is -2.23. The van der Waals surface area contributed by atoms with Crippen LogP contribution in [0.25, 0.3) is 0 Å². The Morgan fingerprint density at radius 1 is 1.07 bits per heavy atom. The molecule has 0 radical (unpaired) electrons. The minimum Gasteiger partial charge on any atom is -0.462 e. The number of aryl methyl sites for hydroxylation is 1. The van der Waals surface area contributed by atoms with Crippen LogP contribution in [0.1, 0.15) is 59.5 Å². The van der Waals surface area contributed by atoms with Gasteiger partial charge < -0.3 is 14.8 Å². The molecule has 1 aromatic heterocycles. The number of anilines is 1. The fourth-order valence-corrected chi connectivity index (χ4v) is 3.39. The zero-order valence-corrected chi connectivity index (χ0v) is 17.6. The summed E-state index contributed by atoms with van der Waals surface area (Å²) < 4.78 is 10.4. The van der Waals surface area contributed by atoms with E-state index in [1.165, 1.54) is 11.3 Å². The number of carbonyl (C=O) groups excluding carboxylic acids is 3. The number of amides is 1. The molecule has 2 rings (SSSR count). The van der Waals surface area contributed by atoms with Crippen LogP contribution in [0, 0.1) is 6.92 Å². The smallest absolute Gasteiger partial charge is 0.341 e. The van der Waals surface area contributed by atoms with E-state index in [-0.39, 0.29) is 18.9 Å². The zero-order chi connectivity index (χ0) is 20.9. The molecule has 0 atom stereocenters. The van der Waals surface area contributed by atoms with E-state index in [0.29, 0.717) is 16.1 Å². The zero-order valence-electron chi connectivity index (χ0n) is 16.8. The molecule has 0 unspecified atom stereocenters. The van der Waals surface area contributed by atoms with Crippen LogP contribution in [-0.2, 0) is 20.7 Å². The van der Waals surface area contributed by atoms with Crippen molar-refractivity contribution >= 4 is 34.2 Å². The summed E-state index contributed by atoms with van der Waals surface area (Å²) in [7, 11) is 0. The third-order valence-corrected chi connectivity index (χ3v) is 4.67. The first kappa shape index (κ1) is 21.6. The van der Waals surface area contributed by atoms with E-state index in [9.17, 15) is 14.4 Å². The van der Waals surface area contributed by atoms with Crippen LogP contribution in [0.5, 0.6) is 0 Å². The van der Waals surface area contributed by atoms with Gasteiger partial charge in [-0.25, -0.2) is 9.59 Å². The van der Waals surface area contributed by atoms with Crippen molar-refractivity contribution < 1.29 is 23.9 Å². The van der Waals surface area contributed by atoms with Gasteiger partial charge in [0.15, 0.2) is 0 Å². The third kappa shape index (κ3) is 5.92. The molecule has 0 saturated carbocycles. The Balaban J connectivity index is 2.03. The number of ether oxygens (including phenoxy) is 2. The number of hydrogen-bond acceptors (Lipinski definition) is 6. The number of hydrogen-bond donors (Lipinski definition) is 1. The summed E-state index contributed by atoms with van der Waals surface area (Å²) in [6, 6.07) is 6.70. The highest BCUT2D eigenvalue weighted by molar-refractivity contribution is 7.15. The minimum atomic E-state index is -0.564. The van der Waals surface area contributed by atoms with Crippen LogP contribution < -0.4 is 5.32 Å². The molecule has 0 fully saturated rings. The molecule has 1 N–H and O–H groups in total. The van der Waals surface area contributed by atoms with Crippen LogP contribution in [0.2, 0.25) is 0 Å². The topological polar surface area (TPSA) is 81.7 Å². The van der Waals surface area contributed by atoms with Gasteiger partial charge in [0.1, 0.15) is 10.6 Å². The molecule has 0 bridgehead atoms. The highest BCUT2D eigenvalue weighted by Crippen LogP contribution is 2.28. The average Bonchev–Trinajstić information content (AvgIpc) is 2.94. The molecule has 0 aliphatic rings. The number of esters is 2. The molecule has 2 aromatic rings. The Labute approximate surface area is 168 Å². The summed E-state index contributed by atoms with van der Waals surface area (Å²) in [5.41, 5.74) is 1.76. The maximum atomic E-state index is 12.4. The van der Waals surface area contributed by atoms with Crippen LogP contribution >= 0.6 is 11.3 Å². The van der Waals surface area contributed by atoms with Gasteiger partial charge in [-0.3, -0.25) is 4.79 Å². The van der Waals surface area contributed by atoms with Crippen LogP contribution in [0.4, 0.5) is 5.00 Å². The van der Waals surface area contributed by atoms with Gasteiger partial charge in [0.05, 0.1) is 24.2 Å². The van der Waals surface area contributed by atoms with Gasteiger partial charge in [0, 0.05) is 0 Å². The number of benzene rings is 1. The lowest BCUT2D eigenvalue weighted by Gasteiger charge is -2.19. The average molecular weight is 404 g/mol. The maximum Gasteiger partial charge on any atom is 0.341 e. The number of carbonyl (C=O) groups is 3. The van der Waals surface area contributed by atoms with Gasteiger partial charge in [0.2, 0.25) is 5.91 Å². The molecular formula is C21H25NO5S. The van der Waals surface area contributed by atoms with Gasteiger partial charge in [-0.05, 0) is 63.3 Å². The molecule has 0 spiro atoms. The molecule has 0 saturated heterocycles. The molecule has 28 heavy (non-hydrogen) atoms. The van der Waals surface area contributed by atoms with E-state index in [2.05, 4.69) is 5.32 Å². The summed E-state index contributed by atoms with van der Waals surface area (Å²) in [4.78, 5) is 36.5. The van der Waals surface area contributed by atoms with Crippen molar-refractivity contribution in [3.05, 3.63) is 51.9 Å². The van der Waals surface area contributed by atoms with E-state index >= 15 is 0 Å². The SMILES string of the molecule is CCOC(=O)c1c(C)csc1NC(=O)Cc1ccc(C(=O)OC(C)(C)C)cc1. The molecule has 6 nitrogen and oxygen atoms in total. The van der Waals surface area contributed by atoms with Crippen molar-refractivity contribution in [3.8, 4) is 0 Å². The van der Waals surface area contributed by atoms with E-state index in [1.54, 1.807) is 64.3 Å². The molecular weight excluding hydrogens is 378 g/mol. The largest absolute Gasteiger partial charge is 0.462 e. The highest BCUT2D eigenvalue weighted by Gasteiger charge is 2.20. The fourth-order valence-electron chi connectivity index (χ4n) is 2.45. The quantitative estimate of drug-likeness (QED) is 0.724. The lowest BCUT2D eigenvalue weighted by atomic mass is 10.1. The van der Waals surface area contributed by atoms with Gasteiger partial charge in [-0.2, -0.15) is 0 Å². The standard InChI is InChI=1S/C21H25NO5S/c1-6-26-20(25)17-13(2)12-28-18(17)22-16(23)11-14-7-9-15(10-8-14)19(24)27-21(3,4)5/h7-10,12H,6,11H2,1-5H3,(H,22,23). The van der Waals surface area contributed by atoms with Crippen LogP contribution in [0.15, 0.2) is 29.6 Å². The van der Waals surface area contributed by atoms with Crippen molar-refractivity contribution in [1.82, 2.24) is 0 Å². The molecule has 1 heterocycles. The van der Waals surface area contributed by atoms with Crippen molar-refractivity contribution in [2.24, 2.45) is 0 Å². The second-order valence-electron chi connectivity index (χ2n) is 7.27. The Morgan fingerprint density at radius 2 is 1.71 bits per heavy atom. The Bertz CT molecular complexity index is 862. The summed E-state index contributed by atoms with van der Waals surface area (Å²) >= 11 is 1.29. The van der Waals surface area contributed by atoms with Crippen molar-refractivity contribution in [3.63, 3.8) is 0 Å². The first-order valence-corrected chi connectivity index (χ1v) is 9.86. The molecule has 1 amide bonds. The molecule has 7 heteroatoms. The van der Waals surface area contributed by atoms with Crippen molar-refractivity contribution in [2.75, 3.05) is 11.9 Å². The highest BCUT2D eigenvalue weighted by atomic mass is 32.1. The predicted molar refractivity (Wildman–Crippen MR) is 109 cm³/mol. The van der Waals surface area contributed by atoms with Gasteiger partial charge in [-0.1, -0.05) is 12.1 Å². The first-order valence-electron chi connectivity index (χ1n) is 8.98. The second-order valence-corrected chi connectivity index (χ2v) is 8.15. The molecule has 150 valence electrons. The summed E-state index contributed by atoms with van der Waals surface area (Å²) in [6.07, 6.45) is 0.119. The summed E-state index contributed by atoms with van der Waals surface area (Å²) in [5.74, 6) is -1.10. The maximum absolute atomic E-state index is 12.4. The van der Waals surface area contributed by atoms with Crippen molar-refractivity contribution in [1.29, 1.82) is 0 Å². The van der Waals surface area contributed by atoms with E-state index < -0.39 is 17.5 Å². The van der Waals surface area contributed by atoms with Crippen LogP contribution in [-0.4, -0.2) is 30.1 Å². The molecule has 1 aromatic carbocycles. The van der Waals surface area contributed by atoms with Crippen LogP contribution in [0.3, 0.4) is 0 Å². The number of nitrogens with one attached hydrogen (secondary N) is 1.